The van der Waals surface area contributed by atoms with E-state index in [4.69, 9.17) is 10.00 Å². The Hall–Kier alpha value is -3.37. The number of anilines is 1. The molecule has 2 N–H and O–H groups in total. The van der Waals surface area contributed by atoms with Crippen LogP contribution in [-0.2, 0) is 0 Å². The van der Waals surface area contributed by atoms with Crippen molar-refractivity contribution in [2.45, 2.75) is 12.3 Å². The van der Waals surface area contributed by atoms with Crippen LogP contribution in [0.2, 0.25) is 0 Å². The Labute approximate surface area is 166 Å². The molecule has 0 saturated carbocycles. The highest BCUT2D eigenvalue weighted by atomic mass is 32.1. The summed E-state index contributed by atoms with van der Waals surface area (Å²) in [6, 6.07) is 11.6. The first kappa shape index (κ1) is 18.0. The molecule has 0 bridgehead atoms. The highest BCUT2D eigenvalue weighted by Crippen LogP contribution is 2.37. The first-order valence-corrected chi connectivity index (χ1v) is 9.70. The van der Waals surface area contributed by atoms with E-state index in [2.05, 4.69) is 22.4 Å². The Balaban J connectivity index is 1.55. The largest absolute Gasteiger partial charge is 0.493 e. The number of pyridine rings is 1. The van der Waals surface area contributed by atoms with E-state index in [1.165, 1.54) is 29.8 Å². The third-order valence-corrected chi connectivity index (χ3v) is 5.65. The number of ether oxygens (including phenoxy) is 1. The van der Waals surface area contributed by atoms with Crippen molar-refractivity contribution in [3.63, 3.8) is 0 Å². The average molecular weight is 391 g/mol. The number of nitriles is 1. The Morgan fingerprint density at radius 2 is 2.25 bits per heavy atom. The number of carboxylic acid groups (broad SMARTS) is 1. The fourth-order valence-corrected chi connectivity index (χ4v) is 4.06. The zero-order valence-corrected chi connectivity index (χ0v) is 15.7. The van der Waals surface area contributed by atoms with Gasteiger partial charge < -0.3 is 15.2 Å². The van der Waals surface area contributed by atoms with Crippen LogP contribution in [0, 0.1) is 11.3 Å². The highest BCUT2D eigenvalue weighted by molar-refractivity contribution is 7.10. The SMILES string of the molecule is N#Cc1cc(-c2ccc3c(c2)OCCC3CNc2cnccc2C(=O)O)cs1. The van der Waals surface area contributed by atoms with Gasteiger partial charge in [-0.05, 0) is 46.7 Å². The van der Waals surface area contributed by atoms with E-state index in [0.29, 0.717) is 23.7 Å². The second-order valence-electron chi connectivity index (χ2n) is 6.51. The van der Waals surface area contributed by atoms with E-state index >= 15 is 0 Å². The first-order valence-electron chi connectivity index (χ1n) is 8.82. The molecule has 3 heterocycles. The van der Waals surface area contributed by atoms with E-state index in [0.717, 1.165) is 28.9 Å². The number of hydrogen-bond donors (Lipinski definition) is 2. The molecule has 1 aliphatic heterocycles. The lowest BCUT2D eigenvalue weighted by atomic mass is 9.91. The Kier molecular flexibility index (Phi) is 4.96. The summed E-state index contributed by atoms with van der Waals surface area (Å²) in [5.74, 6) is 0.0659. The lowest BCUT2D eigenvalue weighted by Gasteiger charge is -2.27. The predicted molar refractivity (Wildman–Crippen MR) is 107 cm³/mol. The standard InChI is InChI=1S/C21H17N3O3S/c22-9-16-7-15(12-28-16)13-1-2-17-14(4-6-27-20(17)8-13)10-24-19-11-23-5-3-18(19)21(25)26/h1-3,5,7-8,11-12,14,24H,4,6,10H2,(H,25,26). The number of aromatic carboxylic acids is 1. The van der Waals surface area contributed by atoms with Crippen LogP contribution in [0.4, 0.5) is 5.69 Å². The van der Waals surface area contributed by atoms with E-state index in [-0.39, 0.29) is 11.5 Å². The van der Waals surface area contributed by atoms with E-state index in [9.17, 15) is 9.90 Å². The first-order chi connectivity index (χ1) is 13.7. The number of benzene rings is 1. The molecule has 1 atom stereocenters. The summed E-state index contributed by atoms with van der Waals surface area (Å²) < 4.78 is 5.87. The molecule has 1 aliphatic rings. The third-order valence-electron chi connectivity index (χ3n) is 4.81. The molecule has 28 heavy (non-hydrogen) atoms. The van der Waals surface area contributed by atoms with Gasteiger partial charge in [0.15, 0.2) is 0 Å². The van der Waals surface area contributed by atoms with Crippen molar-refractivity contribution in [3.8, 4) is 22.9 Å². The summed E-state index contributed by atoms with van der Waals surface area (Å²) >= 11 is 1.43. The lowest BCUT2D eigenvalue weighted by Crippen LogP contribution is -2.21. The monoisotopic (exact) mass is 391 g/mol. The molecule has 1 aromatic carbocycles. The van der Waals surface area contributed by atoms with Gasteiger partial charge in [0.25, 0.3) is 0 Å². The van der Waals surface area contributed by atoms with Gasteiger partial charge in [-0.1, -0.05) is 12.1 Å². The van der Waals surface area contributed by atoms with Crippen molar-refractivity contribution in [2.75, 3.05) is 18.5 Å². The molecule has 0 saturated heterocycles. The predicted octanol–water partition coefficient (Wildman–Crippen LogP) is 4.36. The van der Waals surface area contributed by atoms with Gasteiger partial charge in [-0.25, -0.2) is 4.79 Å². The minimum Gasteiger partial charge on any atom is -0.493 e. The molecule has 2 aromatic heterocycles. The maximum atomic E-state index is 11.4. The van der Waals surface area contributed by atoms with Crippen LogP contribution in [0.1, 0.15) is 33.1 Å². The van der Waals surface area contributed by atoms with Crippen LogP contribution in [-0.4, -0.2) is 29.2 Å². The maximum Gasteiger partial charge on any atom is 0.337 e. The van der Waals surface area contributed by atoms with Gasteiger partial charge >= 0.3 is 5.97 Å². The molecule has 7 heteroatoms. The molecule has 1 unspecified atom stereocenters. The number of carboxylic acids is 1. The van der Waals surface area contributed by atoms with Crippen LogP contribution in [0.5, 0.6) is 5.75 Å². The normalized spacial score (nSPS) is 15.2. The van der Waals surface area contributed by atoms with E-state index in [1.807, 2.05) is 23.6 Å². The number of nitrogens with one attached hydrogen (secondary N) is 1. The Bertz CT molecular complexity index is 1070. The average Bonchev–Trinajstić information content (AvgIpc) is 3.21. The van der Waals surface area contributed by atoms with E-state index < -0.39 is 5.97 Å². The zero-order chi connectivity index (χ0) is 19.5. The van der Waals surface area contributed by atoms with Crippen LogP contribution in [0.25, 0.3) is 11.1 Å². The molecular weight excluding hydrogens is 374 g/mol. The van der Waals surface area contributed by atoms with Crippen molar-refractivity contribution in [3.05, 3.63) is 64.1 Å². The summed E-state index contributed by atoms with van der Waals surface area (Å²) in [5, 5.41) is 23.5. The quantitative estimate of drug-likeness (QED) is 0.671. The summed E-state index contributed by atoms with van der Waals surface area (Å²) in [6.45, 7) is 1.20. The van der Waals surface area contributed by atoms with Crippen molar-refractivity contribution in [2.24, 2.45) is 0 Å². The number of aromatic nitrogens is 1. The van der Waals surface area contributed by atoms with Crippen LogP contribution in [0.15, 0.2) is 48.1 Å². The molecule has 4 rings (SSSR count). The highest BCUT2D eigenvalue weighted by Gasteiger charge is 2.23. The van der Waals surface area contributed by atoms with Gasteiger partial charge in [0.05, 0.1) is 24.1 Å². The van der Waals surface area contributed by atoms with Crippen molar-refractivity contribution >= 4 is 23.0 Å². The van der Waals surface area contributed by atoms with E-state index in [1.54, 1.807) is 0 Å². The van der Waals surface area contributed by atoms with Crippen molar-refractivity contribution < 1.29 is 14.6 Å². The summed E-state index contributed by atoms with van der Waals surface area (Å²) in [4.78, 5) is 16.1. The molecule has 0 amide bonds. The number of nitrogens with zero attached hydrogens (tertiary/aromatic N) is 2. The second-order valence-corrected chi connectivity index (χ2v) is 7.42. The molecule has 3 aromatic rings. The number of fused-ring (bicyclic) bond motifs is 1. The van der Waals surface area contributed by atoms with Gasteiger partial charge in [-0.2, -0.15) is 5.26 Å². The molecule has 6 nitrogen and oxygen atoms in total. The molecule has 0 radical (unpaired) electrons. The Morgan fingerprint density at radius 3 is 3.04 bits per heavy atom. The molecule has 0 spiro atoms. The topological polar surface area (TPSA) is 95.2 Å². The van der Waals surface area contributed by atoms with Crippen LogP contribution < -0.4 is 10.1 Å². The molecule has 0 aliphatic carbocycles. The van der Waals surface area contributed by atoms with Gasteiger partial charge in [-0.3, -0.25) is 4.98 Å². The zero-order valence-electron chi connectivity index (χ0n) is 14.9. The van der Waals surface area contributed by atoms with Gasteiger partial charge in [0, 0.05) is 18.7 Å². The molecule has 140 valence electrons. The van der Waals surface area contributed by atoms with Gasteiger partial charge in [0.1, 0.15) is 16.7 Å². The van der Waals surface area contributed by atoms with Crippen LogP contribution in [0.3, 0.4) is 0 Å². The second kappa shape index (κ2) is 7.71. The minimum absolute atomic E-state index is 0.205. The number of carbonyl (C=O) groups is 1. The fourth-order valence-electron chi connectivity index (χ4n) is 3.36. The number of rotatable bonds is 5. The van der Waals surface area contributed by atoms with Crippen molar-refractivity contribution in [1.29, 1.82) is 5.26 Å². The Morgan fingerprint density at radius 1 is 1.36 bits per heavy atom. The number of thiophene rings is 1. The smallest absolute Gasteiger partial charge is 0.337 e. The molecular formula is C21H17N3O3S. The van der Waals surface area contributed by atoms with Gasteiger partial charge in [-0.15, -0.1) is 11.3 Å². The maximum absolute atomic E-state index is 11.4. The minimum atomic E-state index is -0.977. The summed E-state index contributed by atoms with van der Waals surface area (Å²) in [6.07, 6.45) is 3.86. The number of hydrogen-bond acceptors (Lipinski definition) is 6. The lowest BCUT2D eigenvalue weighted by molar-refractivity contribution is 0.0697. The summed E-state index contributed by atoms with van der Waals surface area (Å²) in [5.41, 5.74) is 3.85. The van der Waals surface area contributed by atoms with Gasteiger partial charge in [0.2, 0.25) is 0 Å². The van der Waals surface area contributed by atoms with Crippen LogP contribution >= 0.6 is 11.3 Å². The molecule has 0 fully saturated rings. The fraction of sp³-hybridized carbons (Fsp3) is 0.190. The summed E-state index contributed by atoms with van der Waals surface area (Å²) in [7, 11) is 0. The van der Waals surface area contributed by atoms with Crippen molar-refractivity contribution in [1.82, 2.24) is 4.98 Å². The third kappa shape index (κ3) is 3.55.